The Hall–Kier alpha value is -0.870. The average Bonchev–Trinajstić information content (AvgIpc) is 3.06. The first-order valence-electron chi connectivity index (χ1n) is 8.58. The first kappa shape index (κ1) is 15.0. The molecule has 1 aromatic heterocycles. The van der Waals surface area contributed by atoms with Crippen molar-refractivity contribution < 1.29 is 4.74 Å². The second-order valence-electron chi connectivity index (χ2n) is 7.13. The van der Waals surface area contributed by atoms with Crippen LogP contribution in [0.15, 0.2) is 12.4 Å². The maximum Gasteiger partial charge on any atom is 0.0779 e. The van der Waals surface area contributed by atoms with Gasteiger partial charge in [-0.15, -0.1) is 0 Å². The molecule has 21 heavy (non-hydrogen) atoms. The number of aromatic nitrogens is 2. The van der Waals surface area contributed by atoms with Crippen LogP contribution >= 0.6 is 0 Å². The lowest BCUT2D eigenvalue weighted by molar-refractivity contribution is -0.0688. The highest BCUT2D eigenvalue weighted by atomic mass is 16.5. The predicted octanol–water partition coefficient (Wildman–Crippen LogP) is 3.26. The van der Waals surface area contributed by atoms with Crippen LogP contribution < -0.4 is 5.32 Å². The van der Waals surface area contributed by atoms with Crippen molar-refractivity contribution in [3.63, 3.8) is 0 Å². The van der Waals surface area contributed by atoms with Crippen molar-refractivity contribution in [2.75, 3.05) is 0 Å². The summed E-state index contributed by atoms with van der Waals surface area (Å²) >= 11 is 0. The van der Waals surface area contributed by atoms with Gasteiger partial charge >= 0.3 is 0 Å². The van der Waals surface area contributed by atoms with E-state index in [1.165, 1.54) is 50.5 Å². The van der Waals surface area contributed by atoms with Gasteiger partial charge in [-0.1, -0.05) is 33.1 Å². The molecule has 0 amide bonds. The summed E-state index contributed by atoms with van der Waals surface area (Å²) in [6, 6.07) is 0.512. The molecule has 1 saturated heterocycles. The van der Waals surface area contributed by atoms with Crippen LogP contribution in [0.4, 0.5) is 0 Å². The van der Waals surface area contributed by atoms with Crippen molar-refractivity contribution in [1.29, 1.82) is 0 Å². The van der Waals surface area contributed by atoms with E-state index in [0.29, 0.717) is 12.1 Å². The fourth-order valence-electron chi connectivity index (χ4n) is 3.72. The molecule has 118 valence electrons. The van der Waals surface area contributed by atoms with Crippen LogP contribution in [0, 0.1) is 0 Å². The summed E-state index contributed by atoms with van der Waals surface area (Å²) in [5.74, 6) is 0. The van der Waals surface area contributed by atoms with Crippen molar-refractivity contribution in [3.8, 4) is 0 Å². The maximum atomic E-state index is 6.42. The van der Waals surface area contributed by atoms with Gasteiger partial charge in [0, 0.05) is 24.3 Å². The van der Waals surface area contributed by atoms with Gasteiger partial charge in [-0.3, -0.25) is 4.68 Å². The molecule has 1 aliphatic heterocycles. The fraction of sp³-hybridized carbons (Fsp3) is 0.824. The van der Waals surface area contributed by atoms with Crippen molar-refractivity contribution in [1.82, 2.24) is 15.1 Å². The Bertz CT molecular complexity index is 449. The molecule has 1 spiro atoms. The van der Waals surface area contributed by atoms with Crippen molar-refractivity contribution in [3.05, 3.63) is 18.0 Å². The summed E-state index contributed by atoms with van der Waals surface area (Å²) in [6.45, 7) is 6.14. The first-order chi connectivity index (χ1) is 10.2. The Morgan fingerprint density at radius 3 is 2.90 bits per heavy atom. The Labute approximate surface area is 128 Å². The largest absolute Gasteiger partial charge is 0.370 e. The molecule has 2 heterocycles. The lowest BCUT2D eigenvalue weighted by Crippen LogP contribution is -2.32. The van der Waals surface area contributed by atoms with Gasteiger partial charge in [0.2, 0.25) is 0 Å². The molecule has 1 aromatic rings. The Kier molecular flexibility index (Phi) is 4.65. The van der Waals surface area contributed by atoms with Gasteiger partial charge < -0.3 is 10.1 Å². The SMILES string of the molecule is CC(C)NCc1cnn(CC2CCC3(CCCCC3)O2)c1. The third-order valence-corrected chi connectivity index (χ3v) is 4.90. The summed E-state index contributed by atoms with van der Waals surface area (Å²) in [5.41, 5.74) is 1.48. The predicted molar refractivity (Wildman–Crippen MR) is 84.1 cm³/mol. The minimum Gasteiger partial charge on any atom is -0.370 e. The van der Waals surface area contributed by atoms with E-state index in [1.807, 2.05) is 6.20 Å². The molecule has 1 atom stereocenters. The van der Waals surface area contributed by atoms with E-state index < -0.39 is 0 Å². The topological polar surface area (TPSA) is 39.1 Å². The molecule has 3 rings (SSSR count). The minimum absolute atomic E-state index is 0.220. The summed E-state index contributed by atoms with van der Waals surface area (Å²) in [4.78, 5) is 0. The van der Waals surface area contributed by atoms with E-state index in [2.05, 4.69) is 35.1 Å². The van der Waals surface area contributed by atoms with Crippen molar-refractivity contribution in [2.45, 2.75) is 89.6 Å². The summed E-state index contributed by atoms with van der Waals surface area (Å²) in [5, 5.41) is 7.92. The molecular formula is C17H29N3O. The zero-order valence-electron chi connectivity index (χ0n) is 13.5. The highest BCUT2D eigenvalue weighted by Crippen LogP contribution is 2.42. The second kappa shape index (κ2) is 6.49. The molecule has 1 unspecified atom stereocenters. The average molecular weight is 291 g/mol. The number of hydrogen-bond acceptors (Lipinski definition) is 3. The fourth-order valence-corrected chi connectivity index (χ4v) is 3.72. The number of rotatable bonds is 5. The minimum atomic E-state index is 0.220. The van der Waals surface area contributed by atoms with Gasteiger partial charge in [-0.25, -0.2) is 0 Å². The quantitative estimate of drug-likeness (QED) is 0.905. The van der Waals surface area contributed by atoms with E-state index in [-0.39, 0.29) is 5.60 Å². The van der Waals surface area contributed by atoms with Crippen LogP contribution in [-0.2, 0) is 17.8 Å². The van der Waals surface area contributed by atoms with E-state index >= 15 is 0 Å². The smallest absolute Gasteiger partial charge is 0.0779 e. The lowest BCUT2D eigenvalue weighted by atomic mass is 9.83. The molecule has 2 fully saturated rings. The molecule has 4 heteroatoms. The standard InChI is InChI=1S/C17H29N3O/c1-14(2)18-10-15-11-19-20(12-15)13-16-6-9-17(21-16)7-4-3-5-8-17/h11-12,14,16,18H,3-10,13H2,1-2H3. The summed E-state index contributed by atoms with van der Waals surface area (Å²) in [6.07, 6.45) is 13.6. The monoisotopic (exact) mass is 291 g/mol. The third-order valence-electron chi connectivity index (χ3n) is 4.90. The van der Waals surface area contributed by atoms with Gasteiger partial charge in [0.1, 0.15) is 0 Å². The van der Waals surface area contributed by atoms with Gasteiger partial charge in [0.05, 0.1) is 24.4 Å². The van der Waals surface area contributed by atoms with Crippen molar-refractivity contribution in [2.24, 2.45) is 0 Å². The Morgan fingerprint density at radius 1 is 1.33 bits per heavy atom. The Balaban J connectivity index is 1.51. The number of nitrogens with zero attached hydrogens (tertiary/aromatic N) is 2. The van der Waals surface area contributed by atoms with Gasteiger partial charge in [0.15, 0.2) is 0 Å². The molecule has 2 aliphatic rings. The van der Waals surface area contributed by atoms with Gasteiger partial charge in [0.25, 0.3) is 0 Å². The maximum absolute atomic E-state index is 6.42. The van der Waals surface area contributed by atoms with Crippen LogP contribution in [0.5, 0.6) is 0 Å². The van der Waals surface area contributed by atoms with E-state index in [1.54, 1.807) is 0 Å². The lowest BCUT2D eigenvalue weighted by Gasteiger charge is -2.33. The summed E-state index contributed by atoms with van der Waals surface area (Å²) < 4.78 is 8.48. The zero-order chi connectivity index (χ0) is 14.7. The van der Waals surface area contributed by atoms with Crippen LogP contribution in [0.1, 0.15) is 64.4 Å². The normalized spacial score (nSPS) is 25.0. The molecule has 0 bridgehead atoms. The highest BCUT2D eigenvalue weighted by Gasteiger charge is 2.40. The molecule has 1 aliphatic carbocycles. The van der Waals surface area contributed by atoms with E-state index in [4.69, 9.17) is 4.74 Å². The molecule has 0 radical (unpaired) electrons. The molecule has 4 nitrogen and oxygen atoms in total. The van der Waals surface area contributed by atoms with Crippen LogP contribution in [0.25, 0.3) is 0 Å². The van der Waals surface area contributed by atoms with Gasteiger partial charge in [-0.05, 0) is 25.7 Å². The van der Waals surface area contributed by atoms with Crippen LogP contribution in [-0.4, -0.2) is 27.5 Å². The highest BCUT2D eigenvalue weighted by molar-refractivity contribution is 5.03. The van der Waals surface area contributed by atoms with E-state index in [0.717, 1.165) is 13.1 Å². The second-order valence-corrected chi connectivity index (χ2v) is 7.13. The number of hydrogen-bond donors (Lipinski definition) is 1. The summed E-state index contributed by atoms with van der Waals surface area (Å²) in [7, 11) is 0. The van der Waals surface area contributed by atoms with Crippen molar-refractivity contribution >= 4 is 0 Å². The molecule has 0 aromatic carbocycles. The molecule has 1 saturated carbocycles. The van der Waals surface area contributed by atoms with Crippen LogP contribution in [0.2, 0.25) is 0 Å². The number of nitrogens with one attached hydrogen (secondary N) is 1. The zero-order valence-corrected chi connectivity index (χ0v) is 13.5. The van der Waals surface area contributed by atoms with Crippen LogP contribution in [0.3, 0.4) is 0 Å². The number of ether oxygens (including phenoxy) is 1. The van der Waals surface area contributed by atoms with Gasteiger partial charge in [-0.2, -0.15) is 5.10 Å². The van der Waals surface area contributed by atoms with E-state index in [9.17, 15) is 0 Å². The molecular weight excluding hydrogens is 262 g/mol. The first-order valence-corrected chi connectivity index (χ1v) is 8.58. The Morgan fingerprint density at radius 2 is 2.14 bits per heavy atom. The molecule has 1 N–H and O–H groups in total. The third kappa shape index (κ3) is 3.86.